The van der Waals surface area contributed by atoms with Gasteiger partial charge < -0.3 is 15.2 Å². The van der Waals surface area contributed by atoms with Crippen LogP contribution >= 0.6 is 0 Å². The lowest BCUT2D eigenvalue weighted by molar-refractivity contribution is 0.00271. The van der Waals surface area contributed by atoms with Crippen molar-refractivity contribution in [3.63, 3.8) is 0 Å². The molecule has 2 rings (SSSR count). The largest absolute Gasteiger partial charge is 0.496 e. The summed E-state index contributed by atoms with van der Waals surface area (Å²) >= 11 is 0. The van der Waals surface area contributed by atoms with E-state index in [1.54, 1.807) is 13.2 Å². The van der Waals surface area contributed by atoms with Gasteiger partial charge in [-0.15, -0.1) is 0 Å². The van der Waals surface area contributed by atoms with Crippen molar-refractivity contribution in [3.05, 3.63) is 29.6 Å². The second-order valence-electron chi connectivity index (χ2n) is 4.93. The molecule has 0 atom stereocenters. The predicted octanol–water partition coefficient (Wildman–Crippen LogP) is 1.88. The molecule has 1 fully saturated rings. The summed E-state index contributed by atoms with van der Waals surface area (Å²) in [6.07, 6.45) is 2.79. The van der Waals surface area contributed by atoms with Gasteiger partial charge >= 0.3 is 0 Å². The fourth-order valence-corrected chi connectivity index (χ4v) is 2.45. The molecular formula is C14H20FNO2. The van der Waals surface area contributed by atoms with Crippen molar-refractivity contribution in [1.82, 2.24) is 5.32 Å². The first kappa shape index (κ1) is 13.3. The molecule has 0 unspecified atom stereocenters. The Balaban J connectivity index is 2.02. The van der Waals surface area contributed by atoms with Gasteiger partial charge in [-0.1, -0.05) is 0 Å². The molecule has 0 aliphatic carbocycles. The van der Waals surface area contributed by atoms with Gasteiger partial charge in [0.15, 0.2) is 0 Å². The molecule has 0 saturated carbocycles. The second kappa shape index (κ2) is 5.67. The summed E-state index contributed by atoms with van der Waals surface area (Å²) in [7, 11) is 1.58. The number of rotatable bonds is 4. The highest BCUT2D eigenvalue weighted by Crippen LogP contribution is 2.27. The number of piperidine rings is 1. The first-order valence-electron chi connectivity index (χ1n) is 6.38. The van der Waals surface area contributed by atoms with Crippen LogP contribution in [0.1, 0.15) is 24.8 Å². The van der Waals surface area contributed by atoms with Crippen LogP contribution in [0, 0.1) is 5.82 Å². The normalized spacial score (nSPS) is 18.6. The summed E-state index contributed by atoms with van der Waals surface area (Å²) in [5.74, 6) is 0.428. The van der Waals surface area contributed by atoms with Crippen molar-refractivity contribution in [3.8, 4) is 5.75 Å². The number of aliphatic hydroxyl groups is 1. The van der Waals surface area contributed by atoms with Crippen molar-refractivity contribution in [1.29, 1.82) is 0 Å². The van der Waals surface area contributed by atoms with Gasteiger partial charge in [-0.3, -0.25) is 0 Å². The maximum atomic E-state index is 13.2. The molecule has 0 bridgehead atoms. The fourth-order valence-electron chi connectivity index (χ4n) is 2.45. The number of methoxy groups -OCH3 is 1. The Morgan fingerprint density at radius 3 is 2.78 bits per heavy atom. The van der Waals surface area contributed by atoms with Gasteiger partial charge in [-0.05, 0) is 62.5 Å². The first-order valence-corrected chi connectivity index (χ1v) is 6.38. The molecule has 2 N–H and O–H groups in total. The third-order valence-electron chi connectivity index (χ3n) is 3.64. The maximum absolute atomic E-state index is 13.2. The van der Waals surface area contributed by atoms with Crippen LogP contribution in [-0.2, 0) is 6.42 Å². The number of aryl methyl sites for hydroxylation is 1. The number of hydrogen-bond donors (Lipinski definition) is 2. The fraction of sp³-hybridized carbons (Fsp3) is 0.571. The van der Waals surface area contributed by atoms with Crippen LogP contribution in [-0.4, -0.2) is 30.9 Å². The number of nitrogens with one attached hydrogen (secondary N) is 1. The lowest BCUT2D eigenvalue weighted by Gasteiger charge is -2.32. The minimum Gasteiger partial charge on any atom is -0.496 e. The molecule has 0 amide bonds. The first-order chi connectivity index (χ1) is 8.63. The molecule has 1 aromatic carbocycles. The van der Waals surface area contributed by atoms with Crippen LogP contribution in [0.4, 0.5) is 4.39 Å². The number of benzene rings is 1. The summed E-state index contributed by atoms with van der Waals surface area (Å²) in [4.78, 5) is 0. The summed E-state index contributed by atoms with van der Waals surface area (Å²) < 4.78 is 18.4. The number of ether oxygens (including phenoxy) is 1. The third-order valence-corrected chi connectivity index (χ3v) is 3.64. The van der Waals surface area contributed by atoms with E-state index >= 15 is 0 Å². The Morgan fingerprint density at radius 1 is 1.39 bits per heavy atom. The number of halogens is 1. The lowest BCUT2D eigenvalue weighted by atomic mass is 9.86. The Morgan fingerprint density at radius 2 is 2.11 bits per heavy atom. The predicted molar refractivity (Wildman–Crippen MR) is 68.3 cm³/mol. The molecule has 100 valence electrons. The van der Waals surface area contributed by atoms with E-state index in [1.165, 1.54) is 12.1 Å². The van der Waals surface area contributed by atoms with E-state index in [-0.39, 0.29) is 5.82 Å². The zero-order valence-corrected chi connectivity index (χ0v) is 10.7. The lowest BCUT2D eigenvalue weighted by Crippen LogP contribution is -2.42. The summed E-state index contributed by atoms with van der Waals surface area (Å²) in [6, 6.07) is 4.52. The minimum atomic E-state index is -0.622. The van der Waals surface area contributed by atoms with Gasteiger partial charge in [0.1, 0.15) is 11.6 Å². The molecule has 3 nitrogen and oxygen atoms in total. The molecule has 4 heteroatoms. The molecule has 1 saturated heterocycles. The number of hydrogen-bond acceptors (Lipinski definition) is 3. The Kier molecular flexibility index (Phi) is 4.19. The Bertz CT molecular complexity index is 403. The van der Waals surface area contributed by atoms with Crippen LogP contribution in [0.3, 0.4) is 0 Å². The molecule has 1 aromatic rings. The van der Waals surface area contributed by atoms with Crippen LogP contribution in [0.5, 0.6) is 5.75 Å². The Labute approximate surface area is 107 Å². The molecule has 1 aliphatic heterocycles. The van der Waals surface area contributed by atoms with E-state index in [0.29, 0.717) is 18.6 Å². The highest BCUT2D eigenvalue weighted by atomic mass is 19.1. The Hall–Kier alpha value is -1.13. The molecule has 0 spiro atoms. The minimum absolute atomic E-state index is 0.261. The summed E-state index contributed by atoms with van der Waals surface area (Å²) in [6.45, 7) is 1.69. The van der Waals surface area contributed by atoms with Crippen molar-refractivity contribution in [2.45, 2.75) is 31.3 Å². The highest BCUT2D eigenvalue weighted by Gasteiger charge is 2.28. The van der Waals surface area contributed by atoms with E-state index in [0.717, 1.165) is 31.5 Å². The zero-order valence-electron chi connectivity index (χ0n) is 10.7. The van der Waals surface area contributed by atoms with Gasteiger partial charge in [0.25, 0.3) is 0 Å². The quantitative estimate of drug-likeness (QED) is 0.861. The van der Waals surface area contributed by atoms with Crippen molar-refractivity contribution in [2.75, 3.05) is 20.2 Å². The average molecular weight is 253 g/mol. The third kappa shape index (κ3) is 3.21. The van der Waals surface area contributed by atoms with E-state index in [9.17, 15) is 9.50 Å². The van der Waals surface area contributed by atoms with Crippen LogP contribution in [0.15, 0.2) is 18.2 Å². The van der Waals surface area contributed by atoms with Gasteiger partial charge in [0.2, 0.25) is 0 Å². The monoisotopic (exact) mass is 253 g/mol. The second-order valence-corrected chi connectivity index (χ2v) is 4.93. The van der Waals surface area contributed by atoms with Gasteiger partial charge in [0.05, 0.1) is 12.7 Å². The van der Waals surface area contributed by atoms with Crippen LogP contribution in [0.2, 0.25) is 0 Å². The molecule has 1 heterocycles. The smallest absolute Gasteiger partial charge is 0.123 e. The topological polar surface area (TPSA) is 41.5 Å². The summed E-state index contributed by atoms with van der Waals surface area (Å²) in [5, 5.41) is 13.6. The maximum Gasteiger partial charge on any atom is 0.123 e. The average Bonchev–Trinajstić information content (AvgIpc) is 2.38. The van der Waals surface area contributed by atoms with Crippen LogP contribution < -0.4 is 10.1 Å². The van der Waals surface area contributed by atoms with Crippen LogP contribution in [0.25, 0.3) is 0 Å². The molecular weight excluding hydrogens is 233 g/mol. The highest BCUT2D eigenvalue weighted by molar-refractivity contribution is 5.34. The van der Waals surface area contributed by atoms with E-state index < -0.39 is 5.60 Å². The summed E-state index contributed by atoms with van der Waals surface area (Å²) in [5.41, 5.74) is 0.201. The van der Waals surface area contributed by atoms with Gasteiger partial charge in [0, 0.05) is 0 Å². The van der Waals surface area contributed by atoms with E-state index in [1.807, 2.05) is 0 Å². The molecule has 1 aliphatic rings. The standard InChI is InChI=1S/C14H20FNO2/c1-18-13-3-2-12(15)10-11(13)4-5-14(17)6-8-16-9-7-14/h2-3,10,16-17H,4-9H2,1H3. The van der Waals surface area contributed by atoms with Crippen molar-refractivity contribution in [2.24, 2.45) is 0 Å². The van der Waals surface area contributed by atoms with E-state index in [4.69, 9.17) is 4.74 Å². The molecule has 18 heavy (non-hydrogen) atoms. The molecule has 0 aromatic heterocycles. The van der Waals surface area contributed by atoms with Gasteiger partial charge in [-0.25, -0.2) is 4.39 Å². The van der Waals surface area contributed by atoms with Gasteiger partial charge in [-0.2, -0.15) is 0 Å². The molecule has 0 radical (unpaired) electrons. The zero-order chi connectivity index (χ0) is 13.0. The van der Waals surface area contributed by atoms with Crippen molar-refractivity contribution >= 4 is 0 Å². The van der Waals surface area contributed by atoms with Crippen molar-refractivity contribution < 1.29 is 14.2 Å². The van der Waals surface area contributed by atoms with E-state index in [2.05, 4.69) is 5.32 Å². The SMILES string of the molecule is COc1ccc(F)cc1CCC1(O)CCNCC1.